The third-order valence-corrected chi connectivity index (χ3v) is 2.63. The highest BCUT2D eigenvalue weighted by molar-refractivity contribution is 6.29. The molecule has 1 aromatic heterocycles. The van der Waals surface area contributed by atoms with Gasteiger partial charge in [-0.25, -0.2) is 9.97 Å². The van der Waals surface area contributed by atoms with Crippen LogP contribution in [0.2, 0.25) is 5.15 Å². The number of rotatable bonds is 8. The summed E-state index contributed by atoms with van der Waals surface area (Å²) in [6, 6.07) is 1.76. The lowest BCUT2D eigenvalue weighted by atomic mass is 10.4. The van der Waals surface area contributed by atoms with Crippen LogP contribution in [-0.4, -0.2) is 43.4 Å². The summed E-state index contributed by atoms with van der Waals surface area (Å²) in [5, 5.41) is 0.436. The third kappa shape index (κ3) is 4.76. The van der Waals surface area contributed by atoms with E-state index in [-0.39, 0.29) is 0 Å². The fourth-order valence-corrected chi connectivity index (χ4v) is 1.70. The molecular formula is C12H20ClN3O2. The number of aromatic nitrogens is 2. The second-order valence-electron chi connectivity index (χ2n) is 3.67. The van der Waals surface area contributed by atoms with Crippen LogP contribution >= 0.6 is 11.6 Å². The topological polar surface area (TPSA) is 47.5 Å². The number of methoxy groups -OCH3 is 1. The van der Waals surface area contributed by atoms with Gasteiger partial charge in [0.05, 0.1) is 6.61 Å². The summed E-state index contributed by atoms with van der Waals surface area (Å²) >= 11 is 6.00. The first kappa shape index (κ1) is 15.1. The normalized spacial score (nSPS) is 10.7. The van der Waals surface area contributed by atoms with E-state index in [2.05, 4.69) is 21.8 Å². The molecular weight excluding hydrogens is 254 g/mol. The second-order valence-corrected chi connectivity index (χ2v) is 4.06. The van der Waals surface area contributed by atoms with Gasteiger partial charge in [-0.3, -0.25) is 0 Å². The van der Waals surface area contributed by atoms with Gasteiger partial charge in [-0.05, 0) is 13.8 Å². The van der Waals surface area contributed by atoms with E-state index >= 15 is 0 Å². The molecule has 1 aromatic rings. The predicted octanol–water partition coefficient (Wildman–Crippen LogP) is 2.14. The molecule has 0 N–H and O–H groups in total. The van der Waals surface area contributed by atoms with Crippen LogP contribution in [0.3, 0.4) is 0 Å². The number of hydrogen-bond donors (Lipinski definition) is 0. The molecule has 0 amide bonds. The van der Waals surface area contributed by atoms with Crippen molar-refractivity contribution in [3.63, 3.8) is 0 Å². The summed E-state index contributed by atoms with van der Waals surface area (Å²) in [5.41, 5.74) is 0. The molecule has 0 radical (unpaired) electrons. The molecule has 0 aromatic carbocycles. The van der Waals surface area contributed by atoms with E-state index in [0.717, 1.165) is 18.9 Å². The third-order valence-electron chi connectivity index (χ3n) is 2.43. The molecule has 0 aliphatic carbocycles. The van der Waals surface area contributed by atoms with Gasteiger partial charge < -0.3 is 14.4 Å². The van der Waals surface area contributed by atoms with Crippen molar-refractivity contribution >= 4 is 17.4 Å². The van der Waals surface area contributed by atoms with E-state index in [4.69, 9.17) is 21.1 Å². The molecule has 0 aliphatic heterocycles. The Bertz CT molecular complexity index is 363. The van der Waals surface area contributed by atoms with Gasteiger partial charge in [-0.1, -0.05) is 11.6 Å². The molecule has 0 atom stereocenters. The van der Waals surface area contributed by atoms with E-state index in [1.807, 2.05) is 6.92 Å². The number of likely N-dealkylation sites (N-methyl/N-ethyl adjacent to an activating group) is 1. The molecule has 0 saturated carbocycles. The molecule has 6 heteroatoms. The zero-order chi connectivity index (χ0) is 13.4. The standard InChI is InChI=1S/C12H20ClN3O2/c1-4-16(6-7-17-3)12-8-10(13)14-11(15-12)9-18-5-2/h8H,4-7,9H2,1-3H3. The second kappa shape index (κ2) is 8.24. The molecule has 5 nitrogen and oxygen atoms in total. The first-order valence-electron chi connectivity index (χ1n) is 6.06. The van der Waals surface area contributed by atoms with E-state index in [1.165, 1.54) is 0 Å². The van der Waals surface area contributed by atoms with E-state index in [1.54, 1.807) is 13.2 Å². The van der Waals surface area contributed by atoms with Crippen LogP contribution in [0.5, 0.6) is 0 Å². The van der Waals surface area contributed by atoms with Crippen molar-refractivity contribution in [2.45, 2.75) is 20.5 Å². The SMILES string of the molecule is CCOCc1nc(Cl)cc(N(CC)CCOC)n1. The molecule has 0 spiro atoms. The lowest BCUT2D eigenvalue weighted by molar-refractivity contribution is 0.128. The molecule has 0 fully saturated rings. The minimum atomic E-state index is 0.381. The molecule has 0 saturated heterocycles. The number of nitrogens with zero attached hydrogens (tertiary/aromatic N) is 3. The lowest BCUT2D eigenvalue weighted by Crippen LogP contribution is -2.28. The van der Waals surface area contributed by atoms with Crippen LogP contribution in [0.25, 0.3) is 0 Å². The Morgan fingerprint density at radius 2 is 2.11 bits per heavy atom. The van der Waals surface area contributed by atoms with Gasteiger partial charge in [0.25, 0.3) is 0 Å². The molecule has 0 unspecified atom stereocenters. The number of ether oxygens (including phenoxy) is 2. The maximum Gasteiger partial charge on any atom is 0.158 e. The van der Waals surface area contributed by atoms with E-state index in [0.29, 0.717) is 30.8 Å². The molecule has 1 rings (SSSR count). The van der Waals surface area contributed by atoms with Crippen molar-refractivity contribution in [1.82, 2.24) is 9.97 Å². The highest BCUT2D eigenvalue weighted by Crippen LogP contribution is 2.16. The van der Waals surface area contributed by atoms with Gasteiger partial charge >= 0.3 is 0 Å². The van der Waals surface area contributed by atoms with Crippen LogP contribution in [0, 0.1) is 0 Å². The lowest BCUT2D eigenvalue weighted by Gasteiger charge is -2.21. The molecule has 18 heavy (non-hydrogen) atoms. The van der Waals surface area contributed by atoms with Gasteiger partial charge in [0.2, 0.25) is 0 Å². The van der Waals surface area contributed by atoms with E-state index in [9.17, 15) is 0 Å². The Balaban J connectivity index is 2.81. The summed E-state index contributed by atoms with van der Waals surface area (Å²) in [7, 11) is 1.68. The van der Waals surface area contributed by atoms with Gasteiger partial charge in [0, 0.05) is 32.9 Å². The Hall–Kier alpha value is -0.910. The quantitative estimate of drug-likeness (QED) is 0.679. The maximum absolute atomic E-state index is 6.00. The average molecular weight is 274 g/mol. The minimum absolute atomic E-state index is 0.381. The van der Waals surface area contributed by atoms with Crippen molar-refractivity contribution in [3.05, 3.63) is 17.0 Å². The Morgan fingerprint density at radius 3 is 2.72 bits per heavy atom. The van der Waals surface area contributed by atoms with Crippen molar-refractivity contribution < 1.29 is 9.47 Å². The van der Waals surface area contributed by atoms with Gasteiger partial charge in [0.1, 0.15) is 17.6 Å². The van der Waals surface area contributed by atoms with Crippen LogP contribution in [0.4, 0.5) is 5.82 Å². The highest BCUT2D eigenvalue weighted by Gasteiger charge is 2.09. The summed E-state index contributed by atoms with van der Waals surface area (Å²) in [4.78, 5) is 10.7. The first-order valence-corrected chi connectivity index (χ1v) is 6.44. The highest BCUT2D eigenvalue weighted by atomic mass is 35.5. The summed E-state index contributed by atoms with van der Waals surface area (Å²) in [6.07, 6.45) is 0. The fourth-order valence-electron chi connectivity index (χ4n) is 1.51. The average Bonchev–Trinajstić information content (AvgIpc) is 2.37. The van der Waals surface area contributed by atoms with Crippen LogP contribution in [0.15, 0.2) is 6.07 Å². The molecule has 102 valence electrons. The largest absolute Gasteiger partial charge is 0.383 e. The van der Waals surface area contributed by atoms with Crippen LogP contribution < -0.4 is 4.90 Å². The number of hydrogen-bond acceptors (Lipinski definition) is 5. The van der Waals surface area contributed by atoms with Crippen molar-refractivity contribution in [2.75, 3.05) is 38.3 Å². The summed E-state index contributed by atoms with van der Waals surface area (Å²) in [5.74, 6) is 1.42. The van der Waals surface area contributed by atoms with Gasteiger partial charge in [-0.2, -0.15) is 0 Å². The van der Waals surface area contributed by atoms with Gasteiger partial charge in [0.15, 0.2) is 5.82 Å². The van der Waals surface area contributed by atoms with Gasteiger partial charge in [-0.15, -0.1) is 0 Å². The zero-order valence-electron chi connectivity index (χ0n) is 11.1. The monoisotopic (exact) mass is 273 g/mol. The predicted molar refractivity (Wildman–Crippen MR) is 72.1 cm³/mol. The van der Waals surface area contributed by atoms with Crippen molar-refractivity contribution in [2.24, 2.45) is 0 Å². The Kier molecular flexibility index (Phi) is 6.93. The maximum atomic E-state index is 6.00. The minimum Gasteiger partial charge on any atom is -0.383 e. The van der Waals surface area contributed by atoms with Crippen molar-refractivity contribution in [3.8, 4) is 0 Å². The van der Waals surface area contributed by atoms with Crippen molar-refractivity contribution in [1.29, 1.82) is 0 Å². The smallest absolute Gasteiger partial charge is 0.158 e. The molecule has 1 heterocycles. The Morgan fingerprint density at radius 1 is 1.33 bits per heavy atom. The number of anilines is 1. The first-order chi connectivity index (χ1) is 8.71. The van der Waals surface area contributed by atoms with Crippen LogP contribution in [-0.2, 0) is 16.1 Å². The van der Waals surface area contributed by atoms with Crippen LogP contribution in [0.1, 0.15) is 19.7 Å². The fraction of sp³-hybridized carbons (Fsp3) is 0.667. The summed E-state index contributed by atoms with van der Waals surface area (Å²) in [6.45, 7) is 7.27. The molecule has 0 aliphatic rings. The summed E-state index contributed by atoms with van der Waals surface area (Å²) < 4.78 is 10.4. The zero-order valence-corrected chi connectivity index (χ0v) is 11.9. The Labute approximate surface area is 113 Å². The molecule has 0 bridgehead atoms. The number of halogens is 1. The van der Waals surface area contributed by atoms with E-state index < -0.39 is 0 Å².